The SMILES string of the molecule is O=C(NCc1ccccc1)c1ccc(C(=O)N2CCC[C@H]3CCCC[C@@H]32)cc1. The predicted molar refractivity (Wildman–Crippen MR) is 110 cm³/mol. The first-order valence-corrected chi connectivity index (χ1v) is 10.5. The summed E-state index contributed by atoms with van der Waals surface area (Å²) in [4.78, 5) is 27.5. The molecule has 2 aromatic carbocycles. The smallest absolute Gasteiger partial charge is 0.254 e. The molecule has 2 atom stereocenters. The summed E-state index contributed by atoms with van der Waals surface area (Å²) in [5.74, 6) is 0.676. The van der Waals surface area contributed by atoms with Crippen molar-refractivity contribution < 1.29 is 9.59 Å². The van der Waals surface area contributed by atoms with Crippen molar-refractivity contribution in [3.05, 3.63) is 71.3 Å². The average molecular weight is 377 g/mol. The molecule has 4 nitrogen and oxygen atoms in total. The number of hydrogen-bond acceptors (Lipinski definition) is 2. The van der Waals surface area contributed by atoms with E-state index < -0.39 is 0 Å². The summed E-state index contributed by atoms with van der Waals surface area (Å²) in [7, 11) is 0. The zero-order chi connectivity index (χ0) is 19.3. The van der Waals surface area contributed by atoms with E-state index >= 15 is 0 Å². The Morgan fingerprint density at radius 1 is 0.857 bits per heavy atom. The molecule has 4 rings (SSSR count). The lowest BCUT2D eigenvalue weighted by molar-refractivity contribution is 0.0390. The summed E-state index contributed by atoms with van der Waals surface area (Å²) in [6.45, 7) is 1.36. The van der Waals surface area contributed by atoms with Gasteiger partial charge in [0.2, 0.25) is 0 Å². The van der Waals surface area contributed by atoms with E-state index in [1.165, 1.54) is 25.7 Å². The highest BCUT2D eigenvalue weighted by molar-refractivity contribution is 5.98. The zero-order valence-electron chi connectivity index (χ0n) is 16.3. The third-order valence-electron chi connectivity index (χ3n) is 6.19. The molecule has 2 amide bonds. The van der Waals surface area contributed by atoms with E-state index in [2.05, 4.69) is 10.2 Å². The molecule has 0 bridgehead atoms. The van der Waals surface area contributed by atoms with Crippen molar-refractivity contribution in [1.29, 1.82) is 0 Å². The van der Waals surface area contributed by atoms with Gasteiger partial charge in [-0.1, -0.05) is 43.2 Å². The van der Waals surface area contributed by atoms with Crippen LogP contribution in [0.25, 0.3) is 0 Å². The van der Waals surface area contributed by atoms with Gasteiger partial charge in [0, 0.05) is 30.3 Å². The lowest BCUT2D eigenvalue weighted by Gasteiger charge is -2.44. The number of nitrogens with zero attached hydrogens (tertiary/aromatic N) is 1. The van der Waals surface area contributed by atoms with Crippen LogP contribution in [-0.4, -0.2) is 29.3 Å². The Hall–Kier alpha value is -2.62. The molecule has 2 aliphatic rings. The van der Waals surface area contributed by atoms with Crippen molar-refractivity contribution in [1.82, 2.24) is 10.2 Å². The largest absolute Gasteiger partial charge is 0.348 e. The van der Waals surface area contributed by atoms with Gasteiger partial charge in [0.1, 0.15) is 0 Å². The first-order chi connectivity index (χ1) is 13.7. The highest BCUT2D eigenvalue weighted by atomic mass is 16.2. The van der Waals surface area contributed by atoms with Crippen LogP contribution < -0.4 is 5.32 Å². The Kier molecular flexibility index (Phi) is 5.75. The van der Waals surface area contributed by atoms with Crippen LogP contribution in [0.3, 0.4) is 0 Å². The van der Waals surface area contributed by atoms with Crippen molar-refractivity contribution in [2.24, 2.45) is 5.92 Å². The number of carbonyl (C=O) groups excluding carboxylic acids is 2. The second-order valence-electron chi connectivity index (χ2n) is 8.00. The first kappa shape index (κ1) is 18.7. The van der Waals surface area contributed by atoms with Crippen LogP contribution in [0, 0.1) is 5.92 Å². The number of benzene rings is 2. The molecule has 4 heteroatoms. The second kappa shape index (κ2) is 8.59. The molecule has 1 saturated carbocycles. The van der Waals surface area contributed by atoms with Gasteiger partial charge in [0.25, 0.3) is 11.8 Å². The summed E-state index contributed by atoms with van der Waals surface area (Å²) in [5, 5.41) is 2.93. The molecule has 2 aromatic rings. The summed E-state index contributed by atoms with van der Waals surface area (Å²) in [5.41, 5.74) is 2.34. The molecule has 1 heterocycles. The molecule has 0 unspecified atom stereocenters. The number of fused-ring (bicyclic) bond motifs is 1. The van der Waals surface area contributed by atoms with Crippen molar-refractivity contribution in [2.75, 3.05) is 6.54 Å². The molecule has 0 radical (unpaired) electrons. The van der Waals surface area contributed by atoms with Crippen molar-refractivity contribution >= 4 is 11.8 Å². The number of likely N-dealkylation sites (tertiary alicyclic amines) is 1. The van der Waals surface area contributed by atoms with E-state index in [1.54, 1.807) is 24.3 Å². The van der Waals surface area contributed by atoms with E-state index in [-0.39, 0.29) is 11.8 Å². The van der Waals surface area contributed by atoms with Gasteiger partial charge in [0.15, 0.2) is 0 Å². The normalized spacial score (nSPS) is 21.6. The molecular weight excluding hydrogens is 348 g/mol. The number of hydrogen-bond donors (Lipinski definition) is 1. The maximum absolute atomic E-state index is 13.1. The lowest BCUT2D eigenvalue weighted by atomic mass is 9.78. The van der Waals surface area contributed by atoms with Gasteiger partial charge in [-0.05, 0) is 61.4 Å². The summed E-state index contributed by atoms with van der Waals surface area (Å²) < 4.78 is 0. The number of piperidine rings is 1. The Labute approximate surface area is 166 Å². The first-order valence-electron chi connectivity index (χ1n) is 10.5. The molecule has 1 aliphatic carbocycles. The third-order valence-corrected chi connectivity index (χ3v) is 6.19. The van der Waals surface area contributed by atoms with Gasteiger partial charge in [-0.15, -0.1) is 0 Å². The zero-order valence-corrected chi connectivity index (χ0v) is 16.3. The molecule has 2 fully saturated rings. The van der Waals surface area contributed by atoms with E-state index in [0.29, 0.717) is 29.6 Å². The summed E-state index contributed by atoms with van der Waals surface area (Å²) >= 11 is 0. The molecule has 0 aromatic heterocycles. The molecule has 146 valence electrons. The minimum absolute atomic E-state index is 0.117. The summed E-state index contributed by atoms with van der Waals surface area (Å²) in [6, 6.07) is 17.4. The van der Waals surface area contributed by atoms with Gasteiger partial charge >= 0.3 is 0 Å². The number of amides is 2. The van der Waals surface area contributed by atoms with Crippen LogP contribution in [0.1, 0.15) is 64.8 Å². The van der Waals surface area contributed by atoms with E-state index in [9.17, 15) is 9.59 Å². The summed E-state index contributed by atoms with van der Waals surface area (Å²) in [6.07, 6.45) is 7.29. The Morgan fingerprint density at radius 3 is 2.32 bits per heavy atom. The Bertz CT molecular complexity index is 814. The van der Waals surface area contributed by atoms with Crippen LogP contribution in [0.15, 0.2) is 54.6 Å². The third kappa shape index (κ3) is 4.11. The maximum atomic E-state index is 13.1. The van der Waals surface area contributed by atoms with Gasteiger partial charge < -0.3 is 10.2 Å². The van der Waals surface area contributed by atoms with Crippen LogP contribution in [0.2, 0.25) is 0 Å². The molecule has 0 spiro atoms. The minimum atomic E-state index is -0.117. The van der Waals surface area contributed by atoms with Crippen molar-refractivity contribution in [3.8, 4) is 0 Å². The Balaban J connectivity index is 1.39. The molecule has 28 heavy (non-hydrogen) atoms. The van der Waals surface area contributed by atoms with Gasteiger partial charge in [0.05, 0.1) is 0 Å². The predicted octanol–water partition coefficient (Wildman–Crippen LogP) is 4.41. The van der Waals surface area contributed by atoms with Gasteiger partial charge in [-0.3, -0.25) is 9.59 Å². The lowest BCUT2D eigenvalue weighted by Crippen LogP contribution is -2.49. The topological polar surface area (TPSA) is 49.4 Å². The van der Waals surface area contributed by atoms with E-state index in [4.69, 9.17) is 0 Å². The number of carbonyl (C=O) groups is 2. The van der Waals surface area contributed by atoms with Crippen LogP contribution in [0.4, 0.5) is 0 Å². The van der Waals surface area contributed by atoms with E-state index in [1.807, 2.05) is 30.3 Å². The van der Waals surface area contributed by atoms with Crippen LogP contribution in [-0.2, 0) is 6.54 Å². The average Bonchev–Trinajstić information content (AvgIpc) is 2.77. The van der Waals surface area contributed by atoms with Crippen molar-refractivity contribution in [2.45, 2.75) is 51.1 Å². The molecule has 1 N–H and O–H groups in total. The fourth-order valence-electron chi connectivity index (χ4n) is 4.69. The maximum Gasteiger partial charge on any atom is 0.254 e. The number of rotatable bonds is 4. The van der Waals surface area contributed by atoms with Crippen LogP contribution in [0.5, 0.6) is 0 Å². The number of nitrogens with one attached hydrogen (secondary N) is 1. The molecule has 1 aliphatic heterocycles. The van der Waals surface area contributed by atoms with E-state index in [0.717, 1.165) is 24.9 Å². The van der Waals surface area contributed by atoms with Gasteiger partial charge in [-0.25, -0.2) is 0 Å². The molecule has 1 saturated heterocycles. The quantitative estimate of drug-likeness (QED) is 0.859. The monoisotopic (exact) mass is 376 g/mol. The fourth-order valence-corrected chi connectivity index (χ4v) is 4.69. The van der Waals surface area contributed by atoms with Crippen molar-refractivity contribution in [3.63, 3.8) is 0 Å². The fraction of sp³-hybridized carbons (Fsp3) is 0.417. The van der Waals surface area contributed by atoms with Crippen LogP contribution >= 0.6 is 0 Å². The standard InChI is InChI=1S/C24H28N2O2/c27-23(25-17-18-7-2-1-3-8-18)20-12-14-21(15-13-20)24(28)26-16-6-10-19-9-4-5-11-22(19)26/h1-3,7-8,12-15,19,22H,4-6,9-11,16-17H2,(H,25,27)/t19-,22+/m1/s1. The second-order valence-corrected chi connectivity index (χ2v) is 8.00. The minimum Gasteiger partial charge on any atom is -0.348 e. The highest BCUT2D eigenvalue weighted by Gasteiger charge is 2.35. The molecular formula is C24H28N2O2. The highest BCUT2D eigenvalue weighted by Crippen LogP contribution is 2.35. The van der Waals surface area contributed by atoms with Gasteiger partial charge in [-0.2, -0.15) is 0 Å². The Morgan fingerprint density at radius 2 is 1.54 bits per heavy atom.